The molecule has 152 valence electrons. The number of rotatable bonds is 6. The van der Waals surface area contributed by atoms with Crippen LogP contribution in [0.1, 0.15) is 43.4 Å². The van der Waals surface area contributed by atoms with E-state index in [4.69, 9.17) is 11.6 Å². The number of imide groups is 1. The Morgan fingerprint density at radius 1 is 1.10 bits per heavy atom. The summed E-state index contributed by atoms with van der Waals surface area (Å²) in [7, 11) is 0. The van der Waals surface area contributed by atoms with Crippen LogP contribution in [0.2, 0.25) is 5.02 Å². The number of nitrogens with one attached hydrogen (secondary N) is 2. The Kier molecular flexibility index (Phi) is 5.94. The van der Waals surface area contributed by atoms with Crippen LogP contribution < -0.4 is 10.6 Å². The van der Waals surface area contributed by atoms with E-state index in [0.29, 0.717) is 16.5 Å². The van der Waals surface area contributed by atoms with Gasteiger partial charge in [0.2, 0.25) is 5.91 Å². The van der Waals surface area contributed by atoms with E-state index in [-0.39, 0.29) is 13.1 Å². The quantitative estimate of drug-likeness (QED) is 0.711. The van der Waals surface area contributed by atoms with Crippen molar-refractivity contribution in [3.8, 4) is 0 Å². The van der Waals surface area contributed by atoms with Gasteiger partial charge in [0.25, 0.3) is 5.91 Å². The van der Waals surface area contributed by atoms with Gasteiger partial charge in [0, 0.05) is 11.6 Å². The van der Waals surface area contributed by atoms with Crippen molar-refractivity contribution in [2.24, 2.45) is 0 Å². The zero-order valence-electron chi connectivity index (χ0n) is 16.7. The monoisotopic (exact) mass is 413 g/mol. The molecule has 0 spiro atoms. The minimum Gasteiger partial charge on any atom is -0.350 e. The van der Waals surface area contributed by atoms with Gasteiger partial charge in [0.15, 0.2) is 0 Å². The summed E-state index contributed by atoms with van der Waals surface area (Å²) in [6.45, 7) is 5.78. The Labute approximate surface area is 175 Å². The molecule has 6 nitrogen and oxygen atoms in total. The summed E-state index contributed by atoms with van der Waals surface area (Å²) in [5.41, 5.74) is 1.51. The molecule has 7 heteroatoms. The van der Waals surface area contributed by atoms with Crippen LogP contribution in [0, 0.1) is 0 Å². The Morgan fingerprint density at radius 2 is 1.72 bits per heavy atom. The van der Waals surface area contributed by atoms with E-state index in [1.54, 1.807) is 31.2 Å². The molecule has 3 rings (SSSR count). The van der Waals surface area contributed by atoms with Gasteiger partial charge in [-0.1, -0.05) is 61.8 Å². The van der Waals surface area contributed by atoms with Crippen molar-refractivity contribution in [2.75, 3.05) is 6.54 Å². The summed E-state index contributed by atoms with van der Waals surface area (Å²) in [5.74, 6) is -0.490. The summed E-state index contributed by atoms with van der Waals surface area (Å²) < 4.78 is 0. The molecule has 2 aromatic carbocycles. The summed E-state index contributed by atoms with van der Waals surface area (Å²) in [6, 6.07) is 14.1. The van der Waals surface area contributed by atoms with Crippen LogP contribution in [0.25, 0.3) is 0 Å². The van der Waals surface area contributed by atoms with Gasteiger partial charge in [-0.25, -0.2) is 4.79 Å². The molecule has 0 saturated carbocycles. The molecule has 1 atom stereocenters. The van der Waals surface area contributed by atoms with E-state index in [1.807, 2.05) is 24.3 Å². The average Bonchev–Trinajstić information content (AvgIpc) is 2.91. The fraction of sp³-hybridized carbons (Fsp3) is 0.318. The second-order valence-corrected chi connectivity index (χ2v) is 8.06. The molecule has 0 aromatic heterocycles. The Bertz CT molecular complexity index is 925. The lowest BCUT2D eigenvalue weighted by molar-refractivity contribution is -0.134. The minimum absolute atomic E-state index is 0.285. The predicted octanol–water partition coefficient (Wildman–Crippen LogP) is 3.55. The van der Waals surface area contributed by atoms with Gasteiger partial charge in [-0.05, 0) is 41.7 Å². The fourth-order valence-electron chi connectivity index (χ4n) is 3.24. The number of hydrogen-bond donors (Lipinski definition) is 2. The van der Waals surface area contributed by atoms with Crippen molar-refractivity contribution in [2.45, 2.75) is 38.8 Å². The van der Waals surface area contributed by atoms with Crippen molar-refractivity contribution in [3.05, 3.63) is 70.2 Å². The van der Waals surface area contributed by atoms with E-state index in [9.17, 15) is 14.4 Å². The third-order valence-corrected chi connectivity index (χ3v) is 5.39. The Morgan fingerprint density at radius 3 is 2.31 bits per heavy atom. The lowest BCUT2D eigenvalue weighted by atomic mass is 9.90. The molecule has 0 bridgehead atoms. The molecule has 0 radical (unpaired) electrons. The topological polar surface area (TPSA) is 78.5 Å². The highest BCUT2D eigenvalue weighted by Crippen LogP contribution is 2.29. The molecule has 0 aliphatic carbocycles. The van der Waals surface area contributed by atoms with Crippen LogP contribution in [-0.4, -0.2) is 29.3 Å². The summed E-state index contributed by atoms with van der Waals surface area (Å²) in [5, 5.41) is 6.05. The van der Waals surface area contributed by atoms with E-state index in [1.165, 1.54) is 0 Å². The predicted molar refractivity (Wildman–Crippen MR) is 111 cm³/mol. The number of benzene rings is 2. The van der Waals surface area contributed by atoms with Gasteiger partial charge in [0.1, 0.15) is 12.1 Å². The van der Waals surface area contributed by atoms with Gasteiger partial charge in [-0.2, -0.15) is 0 Å². The molecule has 1 saturated heterocycles. The standard InChI is InChI=1S/C22H24ClN3O3/c1-14(2)16-6-8-17(9-7-16)22(3)20(28)26(21(29)25-22)13-19(27)24-12-15-4-10-18(23)11-5-15/h4-11,14H,12-13H2,1-3H3,(H,24,27)(H,25,29)/t22-/m0/s1. The third-order valence-electron chi connectivity index (χ3n) is 5.13. The van der Waals surface area contributed by atoms with Crippen LogP contribution in [0.5, 0.6) is 0 Å². The van der Waals surface area contributed by atoms with Gasteiger partial charge in [-0.15, -0.1) is 0 Å². The third kappa shape index (κ3) is 4.43. The van der Waals surface area contributed by atoms with E-state index >= 15 is 0 Å². The maximum atomic E-state index is 13.0. The first-order valence-corrected chi connectivity index (χ1v) is 9.84. The van der Waals surface area contributed by atoms with Gasteiger partial charge in [-0.3, -0.25) is 14.5 Å². The van der Waals surface area contributed by atoms with Crippen molar-refractivity contribution in [3.63, 3.8) is 0 Å². The molecule has 29 heavy (non-hydrogen) atoms. The number of carbonyl (C=O) groups excluding carboxylic acids is 3. The van der Waals surface area contributed by atoms with Crippen molar-refractivity contribution in [1.29, 1.82) is 0 Å². The first-order valence-electron chi connectivity index (χ1n) is 9.46. The summed E-state index contributed by atoms with van der Waals surface area (Å²) in [6.07, 6.45) is 0. The van der Waals surface area contributed by atoms with E-state index in [0.717, 1.165) is 16.0 Å². The number of urea groups is 1. The first-order chi connectivity index (χ1) is 13.7. The molecule has 0 unspecified atom stereocenters. The molecular formula is C22H24ClN3O3. The zero-order valence-corrected chi connectivity index (χ0v) is 17.4. The van der Waals surface area contributed by atoms with Crippen molar-refractivity contribution < 1.29 is 14.4 Å². The number of halogens is 1. The zero-order chi connectivity index (χ0) is 21.2. The summed E-state index contributed by atoms with van der Waals surface area (Å²) in [4.78, 5) is 38.6. The molecule has 4 amide bonds. The second-order valence-electron chi connectivity index (χ2n) is 7.63. The van der Waals surface area contributed by atoms with Gasteiger partial charge < -0.3 is 10.6 Å². The average molecular weight is 414 g/mol. The van der Waals surface area contributed by atoms with Crippen LogP contribution in [0.4, 0.5) is 4.79 Å². The van der Waals surface area contributed by atoms with Gasteiger partial charge in [0.05, 0.1) is 0 Å². The maximum Gasteiger partial charge on any atom is 0.325 e. The number of hydrogen-bond acceptors (Lipinski definition) is 3. The SMILES string of the molecule is CC(C)c1ccc([C@]2(C)NC(=O)N(CC(=O)NCc3ccc(Cl)cc3)C2=O)cc1. The Balaban J connectivity index is 1.66. The highest BCUT2D eigenvalue weighted by atomic mass is 35.5. The number of amides is 4. The lowest BCUT2D eigenvalue weighted by Crippen LogP contribution is -2.43. The first kappa shape index (κ1) is 20.9. The smallest absolute Gasteiger partial charge is 0.325 e. The lowest BCUT2D eigenvalue weighted by Gasteiger charge is -2.22. The molecular weight excluding hydrogens is 390 g/mol. The molecule has 1 heterocycles. The largest absolute Gasteiger partial charge is 0.350 e. The van der Waals surface area contributed by atoms with Crippen LogP contribution >= 0.6 is 11.6 Å². The molecule has 1 aliphatic rings. The molecule has 1 fully saturated rings. The highest BCUT2D eigenvalue weighted by Gasteiger charge is 2.49. The molecule has 2 N–H and O–H groups in total. The van der Waals surface area contributed by atoms with Crippen molar-refractivity contribution >= 4 is 29.4 Å². The fourth-order valence-corrected chi connectivity index (χ4v) is 3.37. The van der Waals surface area contributed by atoms with Crippen LogP contribution in [0.15, 0.2) is 48.5 Å². The molecule has 1 aliphatic heterocycles. The molecule has 2 aromatic rings. The summed E-state index contributed by atoms with van der Waals surface area (Å²) >= 11 is 5.85. The highest BCUT2D eigenvalue weighted by molar-refractivity contribution is 6.30. The maximum absolute atomic E-state index is 13.0. The van der Waals surface area contributed by atoms with Crippen LogP contribution in [0.3, 0.4) is 0 Å². The Hall–Kier alpha value is -2.86. The normalized spacial score (nSPS) is 18.9. The number of carbonyl (C=O) groups is 3. The number of nitrogens with zero attached hydrogens (tertiary/aromatic N) is 1. The second kappa shape index (κ2) is 8.25. The van der Waals surface area contributed by atoms with Crippen LogP contribution in [-0.2, 0) is 21.7 Å². The van der Waals surface area contributed by atoms with E-state index < -0.39 is 23.4 Å². The van der Waals surface area contributed by atoms with Gasteiger partial charge >= 0.3 is 6.03 Å². The van der Waals surface area contributed by atoms with Crippen molar-refractivity contribution in [1.82, 2.24) is 15.5 Å². The van der Waals surface area contributed by atoms with E-state index in [2.05, 4.69) is 24.5 Å². The minimum atomic E-state index is -1.19.